The van der Waals surface area contributed by atoms with Crippen LogP contribution in [0.5, 0.6) is 0 Å². The standard InChI is InChI=1S/C16H16N4O/c17-9-4-10-20(13-5-2-1-3-6-13)14-11-15(21)19-16(18-14)12-7-8-12/h1-3,5-6,11-12H,4,7-8,10H2,(H,18,19,21). The van der Waals surface area contributed by atoms with E-state index in [9.17, 15) is 4.79 Å². The van der Waals surface area contributed by atoms with Crippen molar-refractivity contribution in [2.75, 3.05) is 11.4 Å². The van der Waals surface area contributed by atoms with E-state index in [1.165, 1.54) is 6.07 Å². The third-order valence-electron chi connectivity index (χ3n) is 3.50. The summed E-state index contributed by atoms with van der Waals surface area (Å²) in [6, 6.07) is 13.4. The lowest BCUT2D eigenvalue weighted by atomic mass is 10.2. The summed E-state index contributed by atoms with van der Waals surface area (Å²) in [4.78, 5) is 21.2. The Bertz CT molecular complexity index is 713. The molecule has 1 N–H and O–H groups in total. The molecule has 1 aromatic carbocycles. The molecule has 0 atom stereocenters. The number of aromatic nitrogens is 2. The van der Waals surface area contributed by atoms with Crippen LogP contribution in [0.25, 0.3) is 0 Å². The molecule has 21 heavy (non-hydrogen) atoms. The number of hydrogen-bond donors (Lipinski definition) is 1. The van der Waals surface area contributed by atoms with E-state index in [1.807, 2.05) is 35.2 Å². The number of rotatable bonds is 5. The maximum Gasteiger partial charge on any atom is 0.253 e. The van der Waals surface area contributed by atoms with E-state index in [0.717, 1.165) is 24.4 Å². The minimum atomic E-state index is -0.139. The first-order valence-corrected chi connectivity index (χ1v) is 7.09. The van der Waals surface area contributed by atoms with Crippen molar-refractivity contribution in [2.45, 2.75) is 25.2 Å². The Morgan fingerprint density at radius 1 is 1.33 bits per heavy atom. The number of H-pyrrole nitrogens is 1. The van der Waals surface area contributed by atoms with Crippen LogP contribution in [0.2, 0.25) is 0 Å². The molecule has 0 bridgehead atoms. The highest BCUT2D eigenvalue weighted by Crippen LogP contribution is 2.38. The molecule has 5 nitrogen and oxygen atoms in total. The van der Waals surface area contributed by atoms with Crippen molar-refractivity contribution in [2.24, 2.45) is 0 Å². The largest absolute Gasteiger partial charge is 0.325 e. The van der Waals surface area contributed by atoms with E-state index < -0.39 is 0 Å². The molecule has 0 amide bonds. The molecule has 0 unspecified atom stereocenters. The van der Waals surface area contributed by atoms with E-state index in [0.29, 0.717) is 24.7 Å². The zero-order valence-electron chi connectivity index (χ0n) is 11.6. The quantitative estimate of drug-likeness (QED) is 0.914. The SMILES string of the molecule is N#CCCN(c1ccccc1)c1cc(=O)[nH]c(C2CC2)n1. The van der Waals surface area contributed by atoms with Crippen LogP contribution < -0.4 is 10.5 Å². The Morgan fingerprint density at radius 3 is 2.76 bits per heavy atom. The molecule has 1 aromatic heterocycles. The van der Waals surface area contributed by atoms with Gasteiger partial charge in [-0.05, 0) is 25.0 Å². The number of anilines is 2. The van der Waals surface area contributed by atoms with Gasteiger partial charge in [-0.2, -0.15) is 5.26 Å². The summed E-state index contributed by atoms with van der Waals surface area (Å²) in [5.41, 5.74) is 0.799. The lowest BCUT2D eigenvalue weighted by Gasteiger charge is -2.23. The first kappa shape index (κ1) is 13.4. The Labute approximate surface area is 122 Å². The minimum absolute atomic E-state index is 0.139. The van der Waals surface area contributed by atoms with Gasteiger partial charge in [-0.3, -0.25) is 4.79 Å². The maximum absolute atomic E-state index is 11.9. The number of hydrogen-bond acceptors (Lipinski definition) is 4. The third kappa shape index (κ3) is 3.11. The van der Waals surface area contributed by atoms with E-state index in [1.54, 1.807) is 0 Å². The van der Waals surface area contributed by atoms with Gasteiger partial charge in [-0.1, -0.05) is 18.2 Å². The van der Waals surface area contributed by atoms with Gasteiger partial charge in [0, 0.05) is 24.2 Å². The van der Waals surface area contributed by atoms with Gasteiger partial charge in [0.05, 0.1) is 12.5 Å². The first-order valence-electron chi connectivity index (χ1n) is 7.09. The summed E-state index contributed by atoms with van der Waals surface area (Å²) in [7, 11) is 0. The van der Waals surface area contributed by atoms with Gasteiger partial charge < -0.3 is 9.88 Å². The Morgan fingerprint density at radius 2 is 2.10 bits per heavy atom. The van der Waals surface area contributed by atoms with Crippen molar-refractivity contribution in [3.8, 4) is 6.07 Å². The molecular formula is C16H16N4O. The Kier molecular flexibility index (Phi) is 3.69. The second kappa shape index (κ2) is 5.80. The van der Waals surface area contributed by atoms with E-state index >= 15 is 0 Å². The molecule has 2 aromatic rings. The summed E-state index contributed by atoms with van der Waals surface area (Å²) in [6.45, 7) is 0.515. The molecule has 1 fully saturated rings. The zero-order chi connectivity index (χ0) is 14.7. The van der Waals surface area contributed by atoms with Crippen LogP contribution in [0.1, 0.15) is 31.0 Å². The normalized spacial score (nSPS) is 13.7. The van der Waals surface area contributed by atoms with Gasteiger partial charge in [-0.25, -0.2) is 4.98 Å². The van der Waals surface area contributed by atoms with Crippen molar-refractivity contribution >= 4 is 11.5 Å². The van der Waals surface area contributed by atoms with Gasteiger partial charge in [0.2, 0.25) is 0 Å². The maximum atomic E-state index is 11.9. The molecule has 0 spiro atoms. The highest BCUT2D eigenvalue weighted by molar-refractivity contribution is 5.59. The van der Waals surface area contributed by atoms with Crippen LogP contribution in [-0.2, 0) is 0 Å². The van der Waals surface area contributed by atoms with Crippen LogP contribution in [0.3, 0.4) is 0 Å². The van der Waals surface area contributed by atoms with Gasteiger partial charge in [0.25, 0.3) is 5.56 Å². The second-order valence-corrected chi connectivity index (χ2v) is 5.16. The highest BCUT2D eigenvalue weighted by Gasteiger charge is 2.27. The number of para-hydroxylation sites is 1. The molecule has 1 saturated carbocycles. The van der Waals surface area contributed by atoms with Crippen molar-refractivity contribution in [3.63, 3.8) is 0 Å². The van der Waals surface area contributed by atoms with Gasteiger partial charge in [0.1, 0.15) is 11.6 Å². The molecule has 0 aliphatic heterocycles. The van der Waals surface area contributed by atoms with Crippen LogP contribution >= 0.6 is 0 Å². The molecule has 0 saturated heterocycles. The molecule has 1 aliphatic carbocycles. The monoisotopic (exact) mass is 280 g/mol. The molecule has 1 heterocycles. The molecular weight excluding hydrogens is 264 g/mol. The fraction of sp³-hybridized carbons (Fsp3) is 0.312. The number of aromatic amines is 1. The topological polar surface area (TPSA) is 72.8 Å². The third-order valence-corrected chi connectivity index (χ3v) is 3.50. The van der Waals surface area contributed by atoms with Crippen molar-refractivity contribution in [3.05, 3.63) is 52.6 Å². The average molecular weight is 280 g/mol. The van der Waals surface area contributed by atoms with Gasteiger partial charge in [-0.15, -0.1) is 0 Å². The zero-order valence-corrected chi connectivity index (χ0v) is 11.6. The van der Waals surface area contributed by atoms with E-state index in [-0.39, 0.29) is 5.56 Å². The highest BCUT2D eigenvalue weighted by atomic mass is 16.1. The van der Waals surface area contributed by atoms with Crippen LogP contribution in [0.15, 0.2) is 41.2 Å². The van der Waals surface area contributed by atoms with Gasteiger partial charge >= 0.3 is 0 Å². The molecule has 0 radical (unpaired) electrons. The number of nitrogens with one attached hydrogen (secondary N) is 1. The van der Waals surface area contributed by atoms with E-state index in [2.05, 4.69) is 16.0 Å². The average Bonchev–Trinajstić information content (AvgIpc) is 3.33. The summed E-state index contributed by atoms with van der Waals surface area (Å²) in [5, 5.41) is 8.85. The van der Waals surface area contributed by atoms with Crippen molar-refractivity contribution in [1.82, 2.24) is 9.97 Å². The van der Waals surface area contributed by atoms with Gasteiger partial charge in [0.15, 0.2) is 0 Å². The fourth-order valence-electron chi connectivity index (χ4n) is 2.30. The first-order chi connectivity index (χ1) is 10.3. The van der Waals surface area contributed by atoms with Crippen LogP contribution in [-0.4, -0.2) is 16.5 Å². The molecule has 106 valence electrons. The molecule has 3 rings (SSSR count). The smallest absolute Gasteiger partial charge is 0.253 e. The number of benzene rings is 1. The van der Waals surface area contributed by atoms with Crippen LogP contribution in [0.4, 0.5) is 11.5 Å². The summed E-state index contributed by atoms with van der Waals surface area (Å²) in [6.07, 6.45) is 2.54. The Balaban J connectivity index is 1.99. The van der Waals surface area contributed by atoms with Crippen LogP contribution in [0, 0.1) is 11.3 Å². The molecule has 5 heteroatoms. The lowest BCUT2D eigenvalue weighted by molar-refractivity contribution is 0.864. The lowest BCUT2D eigenvalue weighted by Crippen LogP contribution is -2.23. The molecule has 1 aliphatic rings. The number of nitrogens with zero attached hydrogens (tertiary/aromatic N) is 3. The fourth-order valence-corrected chi connectivity index (χ4v) is 2.30. The predicted octanol–water partition coefficient (Wildman–Crippen LogP) is 2.70. The summed E-state index contributed by atoms with van der Waals surface area (Å²) < 4.78 is 0. The van der Waals surface area contributed by atoms with Crippen molar-refractivity contribution < 1.29 is 0 Å². The second-order valence-electron chi connectivity index (χ2n) is 5.16. The Hall–Kier alpha value is -2.61. The van der Waals surface area contributed by atoms with E-state index in [4.69, 9.17) is 5.26 Å². The summed E-state index contributed by atoms with van der Waals surface area (Å²) >= 11 is 0. The van der Waals surface area contributed by atoms with Crippen molar-refractivity contribution in [1.29, 1.82) is 5.26 Å². The minimum Gasteiger partial charge on any atom is -0.325 e. The summed E-state index contributed by atoms with van der Waals surface area (Å²) in [5.74, 6) is 1.75. The number of nitriles is 1. The predicted molar refractivity (Wildman–Crippen MR) is 80.5 cm³/mol.